The van der Waals surface area contributed by atoms with E-state index in [1.54, 1.807) is 0 Å². The third-order valence-corrected chi connectivity index (χ3v) is 5.73. The molecule has 4 rings (SSSR count). The van der Waals surface area contributed by atoms with E-state index in [9.17, 15) is 5.11 Å². The molecule has 0 unspecified atom stereocenters. The zero-order chi connectivity index (χ0) is 21.0. The molecule has 0 fully saturated rings. The van der Waals surface area contributed by atoms with E-state index in [1.165, 1.54) is 5.56 Å². The summed E-state index contributed by atoms with van der Waals surface area (Å²) in [5, 5.41) is 12.3. The summed E-state index contributed by atoms with van der Waals surface area (Å²) in [5.41, 5.74) is 1.90. The molecule has 30 heavy (non-hydrogen) atoms. The Hall–Kier alpha value is -3.17. The van der Waals surface area contributed by atoms with Crippen LogP contribution in [0.1, 0.15) is 36.6 Å². The van der Waals surface area contributed by atoms with Gasteiger partial charge in [-0.15, -0.1) is 0 Å². The summed E-state index contributed by atoms with van der Waals surface area (Å²) in [5.74, 6) is 0.202. The Morgan fingerprint density at radius 2 is 1.30 bits per heavy atom. The first kappa shape index (κ1) is 20.1. The minimum absolute atomic E-state index is 0.167. The second-order valence-corrected chi connectivity index (χ2v) is 8.21. The summed E-state index contributed by atoms with van der Waals surface area (Å²) in [4.78, 5) is 0. The smallest absolute Gasteiger partial charge is 0.244 e. The van der Waals surface area contributed by atoms with Gasteiger partial charge in [-0.2, -0.15) is 0 Å². The summed E-state index contributed by atoms with van der Waals surface area (Å²) in [6.07, 6.45) is 6.26. The van der Waals surface area contributed by atoms with Crippen molar-refractivity contribution in [2.75, 3.05) is 0 Å². The molecule has 0 aliphatic rings. The highest BCUT2D eigenvalue weighted by Gasteiger charge is 2.46. The van der Waals surface area contributed by atoms with Crippen LogP contribution in [-0.4, -0.2) is 9.67 Å². The van der Waals surface area contributed by atoms with Gasteiger partial charge in [0.1, 0.15) is 25.0 Å². The first-order valence-corrected chi connectivity index (χ1v) is 10.5. The van der Waals surface area contributed by atoms with E-state index in [4.69, 9.17) is 0 Å². The molecule has 0 saturated carbocycles. The predicted molar refractivity (Wildman–Crippen MR) is 120 cm³/mol. The molecular weight excluding hydrogens is 368 g/mol. The Balaban J connectivity index is 1.78. The number of aliphatic hydroxyl groups is 1. The Labute approximate surface area is 178 Å². The molecule has 1 atom stereocenters. The number of rotatable bonds is 7. The molecule has 0 saturated heterocycles. The molecule has 3 heteroatoms. The van der Waals surface area contributed by atoms with Crippen LogP contribution >= 0.6 is 0 Å². The highest BCUT2D eigenvalue weighted by molar-refractivity contribution is 5.38. The minimum atomic E-state index is -1.15. The van der Waals surface area contributed by atoms with E-state index >= 15 is 0 Å². The van der Waals surface area contributed by atoms with Gasteiger partial charge in [-0.25, -0.2) is 9.13 Å². The van der Waals surface area contributed by atoms with Crippen LogP contribution in [0.3, 0.4) is 0 Å². The molecule has 0 spiro atoms. The molecule has 1 heterocycles. The van der Waals surface area contributed by atoms with Crippen LogP contribution in [0.25, 0.3) is 0 Å². The van der Waals surface area contributed by atoms with Gasteiger partial charge in [0, 0.05) is 0 Å². The van der Waals surface area contributed by atoms with Crippen LogP contribution in [0.2, 0.25) is 0 Å². The van der Waals surface area contributed by atoms with Crippen LogP contribution in [0.15, 0.2) is 110 Å². The standard InChI is InChI=1S/C27H29N2O/c1-22(2)26(29-19-18-28(21-29)20-23-12-6-3-7-13-23)27(30,24-14-8-4-9-15-24)25-16-10-5-11-17-25/h3-19,21-22,26,30H,20H2,1-2H3/q+1/t26-/m0/s1. The highest BCUT2D eigenvalue weighted by atomic mass is 16.3. The molecule has 0 amide bonds. The van der Waals surface area contributed by atoms with Gasteiger partial charge in [0.15, 0.2) is 5.60 Å². The van der Waals surface area contributed by atoms with Crippen molar-refractivity contribution in [3.05, 3.63) is 126 Å². The average Bonchev–Trinajstić information content (AvgIpc) is 3.23. The number of imidazole rings is 1. The summed E-state index contributed by atoms with van der Waals surface area (Å²) < 4.78 is 4.33. The minimum Gasteiger partial charge on any atom is -0.376 e. The van der Waals surface area contributed by atoms with Crippen LogP contribution in [-0.2, 0) is 12.1 Å². The monoisotopic (exact) mass is 397 g/mol. The lowest BCUT2D eigenvalue weighted by atomic mass is 9.75. The topological polar surface area (TPSA) is 29.0 Å². The molecule has 3 aromatic carbocycles. The van der Waals surface area contributed by atoms with Crippen molar-refractivity contribution in [3.8, 4) is 0 Å². The number of nitrogens with zero attached hydrogens (tertiary/aromatic N) is 2. The zero-order valence-corrected chi connectivity index (χ0v) is 17.6. The van der Waals surface area contributed by atoms with E-state index in [0.717, 1.165) is 17.7 Å². The lowest BCUT2D eigenvalue weighted by molar-refractivity contribution is -0.688. The van der Waals surface area contributed by atoms with Crippen molar-refractivity contribution in [1.82, 2.24) is 4.57 Å². The Morgan fingerprint density at radius 3 is 1.80 bits per heavy atom. The van der Waals surface area contributed by atoms with Gasteiger partial charge in [0.2, 0.25) is 6.33 Å². The zero-order valence-electron chi connectivity index (χ0n) is 17.6. The second kappa shape index (κ2) is 8.68. The van der Waals surface area contributed by atoms with E-state index in [1.807, 2.05) is 66.7 Å². The Morgan fingerprint density at radius 1 is 0.800 bits per heavy atom. The first-order chi connectivity index (χ1) is 14.6. The number of hydrogen-bond donors (Lipinski definition) is 1. The summed E-state index contributed by atoms with van der Waals surface area (Å²) in [6.45, 7) is 5.14. The fourth-order valence-electron chi connectivity index (χ4n) is 4.40. The van der Waals surface area contributed by atoms with E-state index in [2.05, 4.69) is 66.0 Å². The van der Waals surface area contributed by atoms with Gasteiger partial charge in [0.25, 0.3) is 0 Å². The van der Waals surface area contributed by atoms with Crippen molar-refractivity contribution in [3.63, 3.8) is 0 Å². The van der Waals surface area contributed by atoms with Crippen molar-refractivity contribution >= 4 is 0 Å². The van der Waals surface area contributed by atoms with Crippen molar-refractivity contribution in [1.29, 1.82) is 0 Å². The third kappa shape index (κ3) is 3.94. The van der Waals surface area contributed by atoms with E-state index < -0.39 is 5.60 Å². The predicted octanol–water partition coefficient (Wildman–Crippen LogP) is 4.96. The lowest BCUT2D eigenvalue weighted by Crippen LogP contribution is -2.41. The van der Waals surface area contributed by atoms with E-state index in [0.29, 0.717) is 0 Å². The molecule has 0 aliphatic carbocycles. The maximum Gasteiger partial charge on any atom is 0.244 e. The van der Waals surface area contributed by atoms with Gasteiger partial charge in [-0.1, -0.05) is 105 Å². The SMILES string of the molecule is CC(C)[C@H](n1cc[n+](Cc2ccccc2)c1)C(O)(c1ccccc1)c1ccccc1. The lowest BCUT2D eigenvalue weighted by Gasteiger charge is -2.37. The molecule has 0 aliphatic heterocycles. The molecule has 3 nitrogen and oxygen atoms in total. The molecule has 152 valence electrons. The second-order valence-electron chi connectivity index (χ2n) is 8.21. The molecule has 1 aromatic heterocycles. The van der Waals surface area contributed by atoms with Crippen molar-refractivity contribution in [2.45, 2.75) is 32.0 Å². The van der Waals surface area contributed by atoms with Gasteiger partial charge in [-0.3, -0.25) is 0 Å². The van der Waals surface area contributed by atoms with Crippen LogP contribution < -0.4 is 4.57 Å². The third-order valence-electron chi connectivity index (χ3n) is 5.73. The van der Waals surface area contributed by atoms with Crippen LogP contribution in [0.5, 0.6) is 0 Å². The quantitative estimate of drug-likeness (QED) is 0.439. The Bertz CT molecular complexity index is 1020. The highest BCUT2D eigenvalue weighted by Crippen LogP contribution is 2.43. The average molecular weight is 398 g/mol. The maximum atomic E-state index is 12.3. The molecule has 0 bridgehead atoms. The fraction of sp³-hybridized carbons (Fsp3) is 0.222. The van der Waals surface area contributed by atoms with Crippen LogP contribution in [0.4, 0.5) is 0 Å². The van der Waals surface area contributed by atoms with Gasteiger partial charge >= 0.3 is 0 Å². The first-order valence-electron chi connectivity index (χ1n) is 10.5. The molecule has 0 radical (unpaired) electrons. The van der Waals surface area contributed by atoms with Gasteiger partial charge < -0.3 is 5.11 Å². The molecule has 4 aromatic rings. The van der Waals surface area contributed by atoms with Crippen molar-refractivity contribution < 1.29 is 9.67 Å². The fourth-order valence-corrected chi connectivity index (χ4v) is 4.40. The summed E-state index contributed by atoms with van der Waals surface area (Å²) >= 11 is 0. The summed E-state index contributed by atoms with van der Waals surface area (Å²) in [7, 11) is 0. The van der Waals surface area contributed by atoms with Crippen molar-refractivity contribution in [2.24, 2.45) is 5.92 Å². The maximum absolute atomic E-state index is 12.3. The molecule has 1 N–H and O–H groups in total. The normalized spacial score (nSPS) is 12.8. The Kier molecular flexibility index (Phi) is 5.82. The number of benzene rings is 3. The number of hydrogen-bond acceptors (Lipinski definition) is 1. The van der Waals surface area contributed by atoms with Gasteiger partial charge in [0.05, 0.1) is 0 Å². The largest absolute Gasteiger partial charge is 0.376 e. The van der Waals surface area contributed by atoms with E-state index in [-0.39, 0.29) is 12.0 Å². The van der Waals surface area contributed by atoms with Gasteiger partial charge in [-0.05, 0) is 22.6 Å². The summed E-state index contributed by atoms with van der Waals surface area (Å²) in [6, 6.07) is 30.3. The molecular formula is C27H29N2O+. The van der Waals surface area contributed by atoms with Crippen LogP contribution in [0, 0.1) is 5.92 Å². The number of aromatic nitrogens is 2.